The van der Waals surface area contributed by atoms with Crippen LogP contribution in [0.4, 0.5) is 0 Å². The van der Waals surface area contributed by atoms with Crippen LogP contribution in [0.1, 0.15) is 41.4 Å². The van der Waals surface area contributed by atoms with E-state index >= 15 is 0 Å². The Morgan fingerprint density at radius 1 is 1.10 bits per heavy atom. The maximum atomic E-state index is 12.1. The molecule has 0 unspecified atom stereocenters. The molecule has 0 fully saturated rings. The molecule has 1 aromatic carbocycles. The van der Waals surface area contributed by atoms with Crippen LogP contribution >= 0.6 is 0 Å². The summed E-state index contributed by atoms with van der Waals surface area (Å²) < 4.78 is 4.92. The van der Waals surface area contributed by atoms with Gasteiger partial charge in [0.05, 0.1) is 7.11 Å². The van der Waals surface area contributed by atoms with E-state index < -0.39 is 0 Å². The number of ketones is 1. The molecule has 0 saturated carbocycles. The molecular formula is C16H18N2O2. The topological polar surface area (TPSA) is 52.1 Å². The molecule has 4 heteroatoms. The monoisotopic (exact) mass is 270 g/mol. The van der Waals surface area contributed by atoms with Gasteiger partial charge in [0.15, 0.2) is 5.78 Å². The molecule has 0 saturated heterocycles. The van der Waals surface area contributed by atoms with Crippen molar-refractivity contribution in [2.45, 2.75) is 26.2 Å². The zero-order chi connectivity index (χ0) is 14.5. The van der Waals surface area contributed by atoms with Crippen molar-refractivity contribution < 1.29 is 9.53 Å². The Balaban J connectivity index is 2.06. The molecule has 4 nitrogen and oxygen atoms in total. The zero-order valence-corrected chi connectivity index (χ0v) is 12.0. The second kappa shape index (κ2) is 6.28. The predicted molar refractivity (Wildman–Crippen MR) is 77.1 cm³/mol. The molecule has 0 atom stereocenters. The van der Waals surface area contributed by atoms with Gasteiger partial charge in [0.25, 0.3) is 0 Å². The third-order valence-electron chi connectivity index (χ3n) is 3.15. The van der Waals surface area contributed by atoms with Gasteiger partial charge in [-0.15, -0.1) is 10.2 Å². The number of ether oxygens (including phenoxy) is 1. The van der Waals surface area contributed by atoms with Gasteiger partial charge in [-0.25, -0.2) is 0 Å². The van der Waals surface area contributed by atoms with E-state index in [1.54, 1.807) is 12.1 Å². The van der Waals surface area contributed by atoms with Crippen LogP contribution in [0.3, 0.4) is 0 Å². The molecule has 1 aromatic heterocycles. The molecule has 1 heterocycles. The highest BCUT2D eigenvalue weighted by Gasteiger charge is 2.10. The van der Waals surface area contributed by atoms with Crippen molar-refractivity contribution in [3.63, 3.8) is 0 Å². The van der Waals surface area contributed by atoms with Crippen LogP contribution in [0.25, 0.3) is 0 Å². The van der Waals surface area contributed by atoms with Gasteiger partial charge in [-0.2, -0.15) is 0 Å². The van der Waals surface area contributed by atoms with Gasteiger partial charge < -0.3 is 4.74 Å². The van der Waals surface area contributed by atoms with Crippen molar-refractivity contribution in [2.24, 2.45) is 0 Å². The molecule has 104 valence electrons. The maximum Gasteiger partial charge on any atom is 0.233 e. The number of nitrogens with zero attached hydrogens (tertiary/aromatic N) is 2. The standard InChI is InChI=1S/C16H18N2O2/c1-11(2)13-6-4-12(5-7-13)10-15(19)14-8-9-16(20-3)18-17-14/h4-9,11H,10H2,1-3H3. The van der Waals surface area contributed by atoms with Crippen LogP contribution in [0.5, 0.6) is 5.88 Å². The minimum atomic E-state index is -0.0440. The number of hydrogen-bond donors (Lipinski definition) is 0. The first-order valence-corrected chi connectivity index (χ1v) is 6.60. The molecule has 0 bridgehead atoms. The fraction of sp³-hybridized carbons (Fsp3) is 0.312. The fourth-order valence-corrected chi connectivity index (χ4v) is 1.87. The number of carbonyl (C=O) groups excluding carboxylic acids is 1. The Kier molecular flexibility index (Phi) is 4.45. The number of carbonyl (C=O) groups is 1. The van der Waals surface area contributed by atoms with Gasteiger partial charge in [0.2, 0.25) is 5.88 Å². The minimum Gasteiger partial charge on any atom is -0.480 e. The number of methoxy groups -OCH3 is 1. The lowest BCUT2D eigenvalue weighted by Gasteiger charge is -2.06. The summed E-state index contributed by atoms with van der Waals surface area (Å²) in [6.45, 7) is 4.29. The highest BCUT2D eigenvalue weighted by atomic mass is 16.5. The molecule has 20 heavy (non-hydrogen) atoms. The molecule has 0 N–H and O–H groups in total. The Morgan fingerprint density at radius 2 is 1.80 bits per heavy atom. The van der Waals surface area contributed by atoms with E-state index in [-0.39, 0.29) is 5.78 Å². The van der Waals surface area contributed by atoms with Gasteiger partial charge >= 0.3 is 0 Å². The SMILES string of the molecule is COc1ccc(C(=O)Cc2ccc(C(C)C)cc2)nn1. The van der Waals surface area contributed by atoms with Crippen molar-refractivity contribution in [2.75, 3.05) is 7.11 Å². The van der Waals surface area contributed by atoms with Crippen LogP contribution in [0.15, 0.2) is 36.4 Å². The van der Waals surface area contributed by atoms with Crippen LogP contribution in [0, 0.1) is 0 Å². The normalized spacial score (nSPS) is 10.6. The summed E-state index contributed by atoms with van der Waals surface area (Å²) >= 11 is 0. The first kappa shape index (κ1) is 14.2. The fourth-order valence-electron chi connectivity index (χ4n) is 1.87. The summed E-state index contributed by atoms with van der Waals surface area (Å²) in [7, 11) is 1.52. The number of benzene rings is 1. The van der Waals surface area contributed by atoms with Crippen LogP contribution in [-0.4, -0.2) is 23.1 Å². The first-order chi connectivity index (χ1) is 9.60. The molecule has 0 aliphatic carbocycles. The molecule has 0 amide bonds. The number of rotatable bonds is 5. The van der Waals surface area contributed by atoms with Gasteiger partial charge in [-0.05, 0) is 23.1 Å². The number of hydrogen-bond acceptors (Lipinski definition) is 4. The quantitative estimate of drug-likeness (QED) is 0.784. The molecule has 0 spiro atoms. The van der Waals surface area contributed by atoms with Crippen molar-refractivity contribution in [1.82, 2.24) is 10.2 Å². The molecule has 0 aliphatic heterocycles. The summed E-state index contributed by atoms with van der Waals surface area (Å²) in [6, 6.07) is 11.4. The largest absolute Gasteiger partial charge is 0.480 e. The van der Waals surface area contributed by atoms with E-state index in [1.165, 1.54) is 12.7 Å². The van der Waals surface area contributed by atoms with E-state index in [4.69, 9.17) is 4.74 Å². The van der Waals surface area contributed by atoms with Gasteiger partial charge in [-0.3, -0.25) is 4.79 Å². The lowest BCUT2D eigenvalue weighted by Crippen LogP contribution is -2.07. The van der Waals surface area contributed by atoms with Crippen molar-refractivity contribution >= 4 is 5.78 Å². The minimum absolute atomic E-state index is 0.0440. The second-order valence-corrected chi connectivity index (χ2v) is 4.96. The zero-order valence-electron chi connectivity index (χ0n) is 12.0. The summed E-state index contributed by atoms with van der Waals surface area (Å²) in [6.07, 6.45) is 0.333. The van der Waals surface area contributed by atoms with Gasteiger partial charge in [0.1, 0.15) is 5.69 Å². The highest BCUT2D eigenvalue weighted by Crippen LogP contribution is 2.15. The predicted octanol–water partition coefficient (Wildman–Crippen LogP) is 3.03. The van der Waals surface area contributed by atoms with E-state index in [0.717, 1.165) is 5.56 Å². The third-order valence-corrected chi connectivity index (χ3v) is 3.15. The molecular weight excluding hydrogens is 252 g/mol. The summed E-state index contributed by atoms with van der Waals surface area (Å²) in [5.74, 6) is 0.854. The molecule has 0 radical (unpaired) electrons. The average molecular weight is 270 g/mol. The summed E-state index contributed by atoms with van der Waals surface area (Å²) in [4.78, 5) is 12.1. The Hall–Kier alpha value is -2.23. The third kappa shape index (κ3) is 3.41. The van der Waals surface area contributed by atoms with E-state index in [2.05, 4.69) is 36.2 Å². The van der Waals surface area contributed by atoms with Gasteiger partial charge in [-0.1, -0.05) is 38.1 Å². The molecule has 2 aromatic rings. The highest BCUT2D eigenvalue weighted by molar-refractivity contribution is 5.95. The Morgan fingerprint density at radius 3 is 2.30 bits per heavy atom. The van der Waals surface area contributed by atoms with Crippen LogP contribution in [0.2, 0.25) is 0 Å². The second-order valence-electron chi connectivity index (χ2n) is 4.96. The lowest BCUT2D eigenvalue weighted by molar-refractivity contribution is 0.0987. The first-order valence-electron chi connectivity index (χ1n) is 6.60. The molecule has 2 rings (SSSR count). The van der Waals surface area contributed by atoms with E-state index in [9.17, 15) is 4.79 Å². The summed E-state index contributed by atoms with van der Waals surface area (Å²) in [5, 5.41) is 7.67. The number of Topliss-reactive ketones (excluding diaryl/α,β-unsaturated/α-hetero) is 1. The van der Waals surface area contributed by atoms with E-state index in [1.807, 2.05) is 12.1 Å². The summed E-state index contributed by atoms with van der Waals surface area (Å²) in [5.41, 5.74) is 2.61. The smallest absolute Gasteiger partial charge is 0.233 e. The molecule has 0 aliphatic rings. The van der Waals surface area contributed by atoms with Crippen LogP contribution < -0.4 is 4.74 Å². The van der Waals surface area contributed by atoms with Crippen molar-refractivity contribution in [1.29, 1.82) is 0 Å². The number of aromatic nitrogens is 2. The Bertz CT molecular complexity index is 574. The van der Waals surface area contributed by atoms with Crippen LogP contribution in [-0.2, 0) is 6.42 Å². The van der Waals surface area contributed by atoms with Crippen molar-refractivity contribution in [3.8, 4) is 5.88 Å². The van der Waals surface area contributed by atoms with Crippen molar-refractivity contribution in [3.05, 3.63) is 53.2 Å². The van der Waals surface area contributed by atoms with E-state index in [0.29, 0.717) is 23.9 Å². The lowest BCUT2D eigenvalue weighted by atomic mass is 9.99. The Labute approximate surface area is 118 Å². The maximum absolute atomic E-state index is 12.1. The average Bonchev–Trinajstić information content (AvgIpc) is 2.48. The van der Waals surface area contributed by atoms with Gasteiger partial charge in [0, 0.05) is 12.5 Å².